The first-order valence-corrected chi connectivity index (χ1v) is 6.93. The van der Waals surface area contributed by atoms with Gasteiger partial charge in [-0.25, -0.2) is 8.42 Å². The van der Waals surface area contributed by atoms with E-state index < -0.39 is 41.1 Å². The van der Waals surface area contributed by atoms with E-state index in [0.717, 1.165) is 0 Å². The summed E-state index contributed by atoms with van der Waals surface area (Å²) >= 11 is 4.54. The fraction of sp³-hybridized carbons (Fsp3) is 0.875. The molecule has 0 spiro atoms. The summed E-state index contributed by atoms with van der Waals surface area (Å²) in [5, 5.41) is 7.29. The Balaban J connectivity index is 5.26. The molecule has 10 heteroatoms. The zero-order valence-corrected chi connectivity index (χ0v) is 11.3. The highest BCUT2D eigenvalue weighted by Gasteiger charge is 2.40. The smallest absolute Gasteiger partial charge is 0.395 e. The minimum absolute atomic E-state index is 0.0303. The van der Waals surface area contributed by atoms with Crippen LogP contribution >= 0.6 is 12.2 Å². The third-order valence-electron chi connectivity index (χ3n) is 2.11. The maximum Gasteiger partial charge on any atom is 0.402 e. The number of hydrogen-bond acceptors (Lipinski definition) is 4. The van der Waals surface area contributed by atoms with Crippen molar-refractivity contribution in [1.82, 2.24) is 4.31 Å². The van der Waals surface area contributed by atoms with Crippen molar-refractivity contribution in [2.24, 2.45) is 5.73 Å². The maximum absolute atomic E-state index is 12.3. The molecular weight excluding hydrogens is 293 g/mol. The van der Waals surface area contributed by atoms with Gasteiger partial charge in [0.15, 0.2) is 0 Å². The fourth-order valence-electron chi connectivity index (χ4n) is 1.35. The first-order chi connectivity index (χ1) is 8.06. The molecule has 18 heavy (non-hydrogen) atoms. The van der Waals surface area contributed by atoms with Gasteiger partial charge in [0.05, 0.1) is 11.6 Å². The van der Waals surface area contributed by atoms with Crippen LogP contribution in [0.3, 0.4) is 0 Å². The first kappa shape index (κ1) is 17.6. The Morgan fingerprint density at radius 1 is 1.50 bits per heavy atom. The van der Waals surface area contributed by atoms with Crippen LogP contribution in [0.15, 0.2) is 0 Å². The van der Waals surface area contributed by atoms with Crippen molar-refractivity contribution >= 4 is 27.2 Å². The van der Waals surface area contributed by atoms with Gasteiger partial charge in [-0.15, -0.1) is 0 Å². The highest BCUT2D eigenvalue weighted by molar-refractivity contribution is 7.92. The molecule has 5 nitrogen and oxygen atoms in total. The molecule has 0 saturated heterocycles. The molecule has 0 aromatic carbocycles. The standard InChI is InChI=1S/C8H15F3N2O3S2/c1-2-6(7(12)17)18(15,16)13(3-4-14)5-8(9,10)11/h6,14H,2-5H2,1H3,(H2,12,17). The molecule has 1 atom stereocenters. The highest BCUT2D eigenvalue weighted by Crippen LogP contribution is 2.21. The van der Waals surface area contributed by atoms with Gasteiger partial charge in [-0.2, -0.15) is 17.5 Å². The largest absolute Gasteiger partial charge is 0.402 e. The van der Waals surface area contributed by atoms with Gasteiger partial charge < -0.3 is 10.8 Å². The Kier molecular flexibility index (Phi) is 6.47. The van der Waals surface area contributed by atoms with E-state index in [1.54, 1.807) is 0 Å². The second-order valence-corrected chi connectivity index (χ2v) is 6.10. The lowest BCUT2D eigenvalue weighted by atomic mass is 10.3. The minimum Gasteiger partial charge on any atom is -0.395 e. The molecule has 0 aromatic rings. The quantitative estimate of drug-likeness (QED) is 0.658. The van der Waals surface area contributed by atoms with Gasteiger partial charge in [0.1, 0.15) is 11.8 Å². The van der Waals surface area contributed by atoms with Gasteiger partial charge >= 0.3 is 6.18 Å². The lowest BCUT2D eigenvalue weighted by Crippen LogP contribution is -2.48. The average Bonchev–Trinajstić information content (AvgIpc) is 2.14. The Morgan fingerprint density at radius 3 is 2.28 bits per heavy atom. The number of aliphatic hydroxyl groups excluding tert-OH is 1. The van der Waals surface area contributed by atoms with E-state index >= 15 is 0 Å². The van der Waals surface area contributed by atoms with E-state index in [9.17, 15) is 21.6 Å². The molecular formula is C8H15F3N2O3S2. The van der Waals surface area contributed by atoms with Gasteiger partial charge in [0.25, 0.3) is 0 Å². The van der Waals surface area contributed by atoms with Gasteiger partial charge in [-0.05, 0) is 6.42 Å². The summed E-state index contributed by atoms with van der Waals surface area (Å²) in [7, 11) is -4.32. The molecule has 0 saturated carbocycles. The van der Waals surface area contributed by atoms with Gasteiger partial charge in [0, 0.05) is 6.54 Å². The first-order valence-electron chi connectivity index (χ1n) is 5.02. The molecule has 0 bridgehead atoms. The summed E-state index contributed by atoms with van der Waals surface area (Å²) in [6, 6.07) is 0. The van der Waals surface area contributed by atoms with E-state index in [0.29, 0.717) is 0 Å². The zero-order valence-electron chi connectivity index (χ0n) is 9.64. The van der Waals surface area contributed by atoms with Crippen LogP contribution in [0.5, 0.6) is 0 Å². The van der Waals surface area contributed by atoms with E-state index in [1.165, 1.54) is 6.92 Å². The highest BCUT2D eigenvalue weighted by atomic mass is 32.2. The molecule has 0 aliphatic carbocycles. The predicted molar refractivity (Wildman–Crippen MR) is 64.5 cm³/mol. The van der Waals surface area contributed by atoms with Crippen LogP contribution in [0.1, 0.15) is 13.3 Å². The Bertz CT molecular complexity index is 384. The molecule has 0 fully saturated rings. The molecule has 0 aromatic heterocycles. The van der Waals surface area contributed by atoms with Crippen LogP contribution in [0.4, 0.5) is 13.2 Å². The number of alkyl halides is 3. The van der Waals surface area contributed by atoms with E-state index in [2.05, 4.69) is 12.2 Å². The molecule has 0 rings (SSSR count). The van der Waals surface area contributed by atoms with Crippen molar-refractivity contribution in [2.75, 3.05) is 19.7 Å². The van der Waals surface area contributed by atoms with Crippen molar-refractivity contribution < 1.29 is 26.7 Å². The second kappa shape index (κ2) is 6.64. The number of rotatable bonds is 7. The van der Waals surface area contributed by atoms with Crippen molar-refractivity contribution in [3.8, 4) is 0 Å². The Hall–Kier alpha value is -0.450. The van der Waals surface area contributed by atoms with Crippen molar-refractivity contribution in [1.29, 1.82) is 0 Å². The van der Waals surface area contributed by atoms with Gasteiger partial charge in [0.2, 0.25) is 10.0 Å². The summed E-state index contributed by atoms with van der Waals surface area (Å²) in [5.74, 6) is 0. The lowest BCUT2D eigenvalue weighted by Gasteiger charge is -2.26. The van der Waals surface area contributed by atoms with Crippen LogP contribution in [-0.2, 0) is 10.0 Å². The summed E-state index contributed by atoms with van der Waals surface area (Å²) in [5.41, 5.74) is 5.21. The molecule has 1 unspecified atom stereocenters. The Labute approximate surface area is 109 Å². The predicted octanol–water partition coefficient (Wildman–Crippen LogP) is 0.237. The molecule has 3 N–H and O–H groups in total. The molecule has 108 valence electrons. The normalized spacial score (nSPS) is 14.8. The van der Waals surface area contributed by atoms with Crippen molar-refractivity contribution in [2.45, 2.75) is 24.8 Å². The summed E-state index contributed by atoms with van der Waals surface area (Å²) in [6.07, 6.45) is -4.73. The number of nitrogens with two attached hydrogens (primary N) is 1. The average molecular weight is 308 g/mol. The molecule has 0 aliphatic rings. The number of aliphatic hydroxyl groups is 1. The lowest BCUT2D eigenvalue weighted by molar-refractivity contribution is -0.136. The van der Waals surface area contributed by atoms with E-state index in [1.807, 2.05) is 0 Å². The van der Waals surface area contributed by atoms with Crippen LogP contribution < -0.4 is 5.73 Å². The maximum atomic E-state index is 12.3. The van der Waals surface area contributed by atoms with Crippen LogP contribution in [0, 0.1) is 0 Å². The summed E-state index contributed by atoms with van der Waals surface area (Å²) in [4.78, 5) is -0.386. The monoisotopic (exact) mass is 308 g/mol. The fourth-order valence-corrected chi connectivity index (χ4v) is 3.61. The molecule has 0 radical (unpaired) electrons. The Morgan fingerprint density at radius 2 is 2.00 bits per heavy atom. The third kappa shape index (κ3) is 5.04. The summed E-state index contributed by atoms with van der Waals surface area (Å²) < 4.78 is 60.8. The number of sulfonamides is 1. The number of hydrogen-bond donors (Lipinski definition) is 2. The molecule has 0 amide bonds. The van der Waals surface area contributed by atoms with Crippen molar-refractivity contribution in [3.05, 3.63) is 0 Å². The molecule has 0 heterocycles. The van der Waals surface area contributed by atoms with Gasteiger partial charge in [-0.3, -0.25) is 0 Å². The van der Waals surface area contributed by atoms with Crippen LogP contribution in [0.2, 0.25) is 0 Å². The van der Waals surface area contributed by atoms with E-state index in [-0.39, 0.29) is 15.7 Å². The second-order valence-electron chi connectivity index (χ2n) is 3.52. The number of thiocarbonyl (C=S) groups is 1. The number of halogens is 3. The third-order valence-corrected chi connectivity index (χ3v) is 4.88. The molecule has 0 aliphatic heterocycles. The zero-order chi connectivity index (χ0) is 14.6. The van der Waals surface area contributed by atoms with Crippen LogP contribution in [-0.4, -0.2) is 53.9 Å². The van der Waals surface area contributed by atoms with Crippen molar-refractivity contribution in [3.63, 3.8) is 0 Å². The summed E-state index contributed by atoms with van der Waals surface area (Å²) in [6.45, 7) is -1.59. The van der Waals surface area contributed by atoms with Crippen LogP contribution in [0.25, 0.3) is 0 Å². The van der Waals surface area contributed by atoms with E-state index in [4.69, 9.17) is 10.8 Å². The topological polar surface area (TPSA) is 83.6 Å². The number of nitrogens with zero attached hydrogens (tertiary/aromatic N) is 1. The SMILES string of the molecule is CCC(C(N)=S)S(=O)(=O)N(CCO)CC(F)(F)F. The minimum atomic E-state index is -4.70. The van der Waals surface area contributed by atoms with Gasteiger partial charge in [-0.1, -0.05) is 19.1 Å².